The number of rotatable bonds is 9. The van der Waals surface area contributed by atoms with Gasteiger partial charge in [0.05, 0.1) is 6.61 Å². The van der Waals surface area contributed by atoms with E-state index in [1.54, 1.807) is 24.3 Å². The average molecular weight is 325 g/mol. The summed E-state index contributed by atoms with van der Waals surface area (Å²) in [5.74, 6) is -0.0298. The number of ketones is 1. The number of ether oxygens (including phenoxy) is 1. The van der Waals surface area contributed by atoms with Crippen LogP contribution in [0.1, 0.15) is 35.7 Å². The molecule has 0 bridgehead atoms. The van der Waals surface area contributed by atoms with Crippen molar-refractivity contribution in [3.63, 3.8) is 0 Å². The van der Waals surface area contributed by atoms with Gasteiger partial charge < -0.3 is 10.1 Å². The quantitative estimate of drug-likeness (QED) is 0.562. The zero-order chi connectivity index (χ0) is 17.2. The minimum Gasteiger partial charge on any atom is -0.381 e. The molecule has 0 saturated heterocycles. The Morgan fingerprint density at radius 2 is 1.67 bits per heavy atom. The minimum absolute atomic E-state index is 0.0144. The Hall–Kier alpha value is -2.46. The Morgan fingerprint density at radius 1 is 0.958 bits per heavy atom. The lowest BCUT2D eigenvalue weighted by Crippen LogP contribution is -2.12. The van der Waals surface area contributed by atoms with E-state index in [4.69, 9.17) is 4.74 Å². The monoisotopic (exact) mass is 325 g/mol. The van der Waals surface area contributed by atoms with Crippen LogP contribution in [-0.2, 0) is 16.0 Å². The lowest BCUT2D eigenvalue weighted by Gasteiger charge is -2.07. The van der Waals surface area contributed by atoms with Gasteiger partial charge in [-0.25, -0.2) is 0 Å². The molecule has 0 aliphatic heterocycles. The van der Waals surface area contributed by atoms with Gasteiger partial charge >= 0.3 is 0 Å². The molecule has 2 aromatic carbocycles. The maximum absolute atomic E-state index is 11.9. The molecule has 0 radical (unpaired) electrons. The molecule has 1 amide bonds. The fourth-order valence-corrected chi connectivity index (χ4v) is 2.28. The van der Waals surface area contributed by atoms with E-state index in [-0.39, 0.29) is 11.7 Å². The number of Topliss-reactive ketones (excluding diaryl/α,β-unsaturated/α-hetero) is 1. The van der Waals surface area contributed by atoms with Crippen LogP contribution in [0.3, 0.4) is 0 Å². The second-order valence-corrected chi connectivity index (χ2v) is 5.63. The summed E-state index contributed by atoms with van der Waals surface area (Å²) in [5.41, 5.74) is 2.60. The van der Waals surface area contributed by atoms with Crippen molar-refractivity contribution in [1.29, 1.82) is 0 Å². The Labute approximate surface area is 142 Å². The number of hydrogen-bond acceptors (Lipinski definition) is 3. The largest absolute Gasteiger partial charge is 0.381 e. The Bertz CT molecular complexity index is 650. The van der Waals surface area contributed by atoms with E-state index >= 15 is 0 Å². The van der Waals surface area contributed by atoms with Gasteiger partial charge in [0, 0.05) is 24.3 Å². The van der Waals surface area contributed by atoms with Crippen LogP contribution in [0, 0.1) is 0 Å². The van der Waals surface area contributed by atoms with Crippen LogP contribution < -0.4 is 5.32 Å². The molecule has 0 aliphatic carbocycles. The first kappa shape index (κ1) is 17.9. The summed E-state index contributed by atoms with van der Waals surface area (Å²) >= 11 is 0. The summed E-state index contributed by atoms with van der Waals surface area (Å²) in [6.07, 6.45) is 1.99. The first-order valence-corrected chi connectivity index (χ1v) is 8.17. The number of amides is 1. The standard InChI is InChI=1S/C20H23NO3/c1-16(22)18-9-11-19(12-10-18)21-20(23)8-5-14-24-15-13-17-6-3-2-4-7-17/h2-4,6-7,9-12H,5,8,13-15H2,1H3,(H,21,23). The molecule has 1 N–H and O–H groups in total. The highest BCUT2D eigenvalue weighted by Crippen LogP contribution is 2.10. The van der Waals surface area contributed by atoms with Gasteiger partial charge in [0.1, 0.15) is 0 Å². The summed E-state index contributed by atoms with van der Waals surface area (Å²) in [5, 5.41) is 2.82. The van der Waals surface area contributed by atoms with Crippen molar-refractivity contribution in [2.24, 2.45) is 0 Å². The van der Waals surface area contributed by atoms with E-state index in [1.165, 1.54) is 12.5 Å². The summed E-state index contributed by atoms with van der Waals surface area (Å²) in [6.45, 7) is 2.76. The topological polar surface area (TPSA) is 55.4 Å². The number of hydrogen-bond donors (Lipinski definition) is 1. The molecule has 2 aromatic rings. The fraction of sp³-hybridized carbons (Fsp3) is 0.300. The molecule has 0 aliphatic rings. The van der Waals surface area contributed by atoms with Gasteiger partial charge in [-0.05, 0) is 49.6 Å². The molecule has 4 heteroatoms. The lowest BCUT2D eigenvalue weighted by molar-refractivity contribution is -0.116. The summed E-state index contributed by atoms with van der Waals surface area (Å²) in [4.78, 5) is 23.0. The number of nitrogens with one attached hydrogen (secondary N) is 1. The molecule has 0 fully saturated rings. The number of benzene rings is 2. The van der Waals surface area contributed by atoms with Crippen LogP contribution in [0.25, 0.3) is 0 Å². The van der Waals surface area contributed by atoms with E-state index in [1.807, 2.05) is 18.2 Å². The van der Waals surface area contributed by atoms with Crippen molar-refractivity contribution >= 4 is 17.4 Å². The Balaban J connectivity index is 1.58. The first-order valence-electron chi connectivity index (χ1n) is 8.17. The highest BCUT2D eigenvalue weighted by atomic mass is 16.5. The average Bonchev–Trinajstić information content (AvgIpc) is 2.59. The molecule has 0 heterocycles. The van der Waals surface area contributed by atoms with Crippen molar-refractivity contribution < 1.29 is 14.3 Å². The summed E-state index contributed by atoms with van der Waals surface area (Å²) < 4.78 is 5.56. The molecular weight excluding hydrogens is 302 g/mol. The number of carbonyl (C=O) groups is 2. The Kier molecular flexibility index (Phi) is 7.18. The molecule has 2 rings (SSSR count). The van der Waals surface area contributed by atoms with Crippen LogP contribution in [-0.4, -0.2) is 24.9 Å². The minimum atomic E-state index is -0.0442. The van der Waals surface area contributed by atoms with Gasteiger partial charge in [-0.2, -0.15) is 0 Å². The van der Waals surface area contributed by atoms with Gasteiger partial charge in [-0.1, -0.05) is 30.3 Å². The highest BCUT2D eigenvalue weighted by molar-refractivity contribution is 5.95. The second kappa shape index (κ2) is 9.63. The van der Waals surface area contributed by atoms with Crippen molar-refractivity contribution in [2.45, 2.75) is 26.2 Å². The van der Waals surface area contributed by atoms with Crippen LogP contribution in [0.4, 0.5) is 5.69 Å². The van der Waals surface area contributed by atoms with Crippen molar-refractivity contribution in [2.75, 3.05) is 18.5 Å². The second-order valence-electron chi connectivity index (χ2n) is 5.63. The number of anilines is 1. The zero-order valence-electron chi connectivity index (χ0n) is 14.0. The molecular formula is C20H23NO3. The molecule has 0 atom stereocenters. The van der Waals surface area contributed by atoms with Gasteiger partial charge in [-0.3, -0.25) is 9.59 Å². The van der Waals surface area contributed by atoms with Crippen LogP contribution in [0.5, 0.6) is 0 Å². The zero-order valence-corrected chi connectivity index (χ0v) is 14.0. The van der Waals surface area contributed by atoms with Crippen molar-refractivity contribution in [3.8, 4) is 0 Å². The molecule has 126 valence electrons. The maximum Gasteiger partial charge on any atom is 0.224 e. The molecule has 0 spiro atoms. The van der Waals surface area contributed by atoms with Crippen LogP contribution in [0.2, 0.25) is 0 Å². The third kappa shape index (κ3) is 6.34. The molecule has 4 nitrogen and oxygen atoms in total. The first-order chi connectivity index (χ1) is 11.6. The van der Waals surface area contributed by atoms with Crippen molar-refractivity contribution in [1.82, 2.24) is 0 Å². The SMILES string of the molecule is CC(=O)c1ccc(NC(=O)CCCOCCc2ccccc2)cc1. The number of carbonyl (C=O) groups excluding carboxylic acids is 2. The lowest BCUT2D eigenvalue weighted by atomic mass is 10.1. The molecule has 24 heavy (non-hydrogen) atoms. The molecule has 0 aromatic heterocycles. The van der Waals surface area contributed by atoms with Gasteiger partial charge in [0.2, 0.25) is 5.91 Å². The molecule has 0 saturated carbocycles. The van der Waals surface area contributed by atoms with Crippen LogP contribution >= 0.6 is 0 Å². The smallest absolute Gasteiger partial charge is 0.224 e. The maximum atomic E-state index is 11.9. The van der Waals surface area contributed by atoms with Gasteiger partial charge in [-0.15, -0.1) is 0 Å². The van der Waals surface area contributed by atoms with Gasteiger partial charge in [0.15, 0.2) is 5.78 Å². The van der Waals surface area contributed by atoms with Crippen molar-refractivity contribution in [3.05, 3.63) is 65.7 Å². The predicted octanol–water partition coefficient (Wildman–Crippen LogP) is 3.87. The summed E-state index contributed by atoms with van der Waals surface area (Å²) in [6, 6.07) is 17.1. The van der Waals surface area contributed by atoms with Gasteiger partial charge in [0.25, 0.3) is 0 Å². The van der Waals surface area contributed by atoms with E-state index in [9.17, 15) is 9.59 Å². The third-order valence-electron chi connectivity index (χ3n) is 3.65. The van der Waals surface area contributed by atoms with E-state index in [0.717, 1.165) is 6.42 Å². The Morgan fingerprint density at radius 3 is 2.33 bits per heavy atom. The summed E-state index contributed by atoms with van der Waals surface area (Å²) in [7, 11) is 0. The normalized spacial score (nSPS) is 10.4. The van der Waals surface area contributed by atoms with E-state index in [2.05, 4.69) is 17.4 Å². The fourth-order valence-electron chi connectivity index (χ4n) is 2.28. The van der Waals surface area contributed by atoms with E-state index in [0.29, 0.717) is 37.3 Å². The highest BCUT2D eigenvalue weighted by Gasteiger charge is 2.04. The molecule has 0 unspecified atom stereocenters. The van der Waals surface area contributed by atoms with Crippen LogP contribution in [0.15, 0.2) is 54.6 Å². The van der Waals surface area contributed by atoms with E-state index < -0.39 is 0 Å². The predicted molar refractivity (Wildman–Crippen MR) is 95.3 cm³/mol. The third-order valence-corrected chi connectivity index (χ3v) is 3.65.